The van der Waals surface area contributed by atoms with E-state index in [0.29, 0.717) is 0 Å². The van der Waals surface area contributed by atoms with E-state index in [-0.39, 0.29) is 16.8 Å². The predicted octanol–water partition coefficient (Wildman–Crippen LogP) is 2.66. The Kier molecular flexibility index (Phi) is 4.98. The van der Waals surface area contributed by atoms with Crippen LogP contribution in [0.5, 0.6) is 0 Å². The molecule has 0 aliphatic carbocycles. The highest BCUT2D eigenvalue weighted by atomic mass is 16.6. The molecule has 0 aliphatic heterocycles. The van der Waals surface area contributed by atoms with Crippen LogP contribution in [0.1, 0.15) is 17.2 Å². The Hall–Kier alpha value is -3.29. The van der Waals surface area contributed by atoms with Gasteiger partial charge < -0.3 is 4.74 Å². The molecule has 118 valence electrons. The maximum atomic E-state index is 12.0. The van der Waals surface area contributed by atoms with Crippen LogP contribution in [0.2, 0.25) is 0 Å². The minimum atomic E-state index is -1.67. The summed E-state index contributed by atoms with van der Waals surface area (Å²) >= 11 is 0. The van der Waals surface area contributed by atoms with Crippen molar-refractivity contribution in [2.45, 2.75) is 12.6 Å². The number of esters is 1. The molecule has 0 fully saturated rings. The van der Waals surface area contributed by atoms with E-state index in [9.17, 15) is 25.0 Å². The highest BCUT2D eigenvalue weighted by molar-refractivity contribution is 5.76. The van der Waals surface area contributed by atoms with E-state index >= 15 is 0 Å². The van der Waals surface area contributed by atoms with Crippen molar-refractivity contribution in [3.63, 3.8) is 0 Å². The van der Waals surface area contributed by atoms with Gasteiger partial charge in [-0.3, -0.25) is 20.2 Å². The van der Waals surface area contributed by atoms with Gasteiger partial charge in [0, 0.05) is 16.6 Å². The summed E-state index contributed by atoms with van der Waals surface area (Å²) in [4.78, 5) is 32.7. The van der Waals surface area contributed by atoms with Crippen LogP contribution in [0, 0.1) is 20.2 Å². The number of rotatable bonds is 6. The lowest BCUT2D eigenvalue weighted by molar-refractivity contribution is -0.516. The first-order valence-corrected chi connectivity index (χ1v) is 6.58. The van der Waals surface area contributed by atoms with E-state index in [0.717, 1.165) is 0 Å². The number of carbonyl (C=O) groups excluding carboxylic acids is 1. The van der Waals surface area contributed by atoms with E-state index < -0.39 is 28.5 Å². The van der Waals surface area contributed by atoms with Gasteiger partial charge in [0.1, 0.15) is 6.61 Å². The Bertz CT molecular complexity index is 732. The zero-order valence-electron chi connectivity index (χ0n) is 11.8. The van der Waals surface area contributed by atoms with Crippen molar-refractivity contribution in [1.29, 1.82) is 0 Å². The third-order valence-electron chi connectivity index (χ3n) is 3.11. The van der Waals surface area contributed by atoms with Gasteiger partial charge in [-0.05, 0) is 6.07 Å². The molecule has 0 heterocycles. The zero-order valence-corrected chi connectivity index (χ0v) is 11.8. The zero-order chi connectivity index (χ0) is 16.8. The van der Waals surface area contributed by atoms with Crippen LogP contribution in [0.4, 0.5) is 5.69 Å². The summed E-state index contributed by atoms with van der Waals surface area (Å²) in [6.07, 6.45) is 0. The number of hydrogen-bond donors (Lipinski definition) is 0. The summed E-state index contributed by atoms with van der Waals surface area (Å²) in [5.74, 6) is -1.07. The Morgan fingerprint density at radius 3 is 2.22 bits per heavy atom. The molecule has 0 amide bonds. The molecule has 2 aromatic carbocycles. The molecule has 2 aromatic rings. The van der Waals surface area contributed by atoms with Crippen molar-refractivity contribution < 1.29 is 19.4 Å². The van der Waals surface area contributed by atoms with Gasteiger partial charge in [-0.2, -0.15) is 0 Å². The second-order valence-corrected chi connectivity index (χ2v) is 4.59. The molecule has 0 saturated carbocycles. The van der Waals surface area contributed by atoms with Crippen molar-refractivity contribution in [2.75, 3.05) is 0 Å². The van der Waals surface area contributed by atoms with Crippen LogP contribution in [-0.4, -0.2) is 15.8 Å². The molecular formula is C15H12N2O6. The molecule has 8 nitrogen and oxygen atoms in total. The summed E-state index contributed by atoms with van der Waals surface area (Å²) in [5, 5.41) is 22.0. The first kappa shape index (κ1) is 16.1. The number of hydrogen-bond acceptors (Lipinski definition) is 6. The number of nitro benzene ring substituents is 1. The standard InChI is InChI=1S/C15H12N2O6/c18-15(14(17(21)22)11-6-2-1-3-7-11)23-10-12-8-4-5-9-13(12)16(19)20/h1-9,14H,10H2. The van der Waals surface area contributed by atoms with Crippen LogP contribution in [0.25, 0.3) is 0 Å². The van der Waals surface area contributed by atoms with Gasteiger partial charge in [0.05, 0.1) is 10.5 Å². The molecule has 0 spiro atoms. The molecule has 0 bridgehead atoms. The number of nitrogens with zero attached hydrogens (tertiary/aromatic N) is 2. The minimum Gasteiger partial charge on any atom is -0.455 e. The molecule has 2 rings (SSSR count). The average Bonchev–Trinajstić information content (AvgIpc) is 2.54. The summed E-state index contributed by atoms with van der Waals surface area (Å²) in [5.41, 5.74) is 0.142. The van der Waals surface area contributed by atoms with Gasteiger partial charge in [-0.15, -0.1) is 0 Å². The SMILES string of the molecule is O=C(OCc1ccccc1[N+](=O)[O-])C(c1ccccc1)[N+](=O)[O-]. The van der Waals surface area contributed by atoms with Crippen LogP contribution >= 0.6 is 0 Å². The third-order valence-corrected chi connectivity index (χ3v) is 3.11. The summed E-state index contributed by atoms with van der Waals surface area (Å²) in [7, 11) is 0. The maximum Gasteiger partial charge on any atom is 0.387 e. The van der Waals surface area contributed by atoms with Gasteiger partial charge in [0.15, 0.2) is 0 Å². The molecule has 0 radical (unpaired) electrons. The molecule has 8 heteroatoms. The number of ether oxygens (including phenoxy) is 1. The Labute approximate surface area is 130 Å². The molecular weight excluding hydrogens is 304 g/mol. The first-order chi connectivity index (χ1) is 11.0. The lowest BCUT2D eigenvalue weighted by Crippen LogP contribution is -2.23. The van der Waals surface area contributed by atoms with Crippen LogP contribution in [0.3, 0.4) is 0 Å². The van der Waals surface area contributed by atoms with Crippen molar-refractivity contribution in [2.24, 2.45) is 0 Å². The summed E-state index contributed by atoms with van der Waals surface area (Å²) in [6, 6.07) is 11.8. The highest BCUT2D eigenvalue weighted by Gasteiger charge is 2.33. The van der Waals surface area contributed by atoms with Crippen LogP contribution in [-0.2, 0) is 16.1 Å². The van der Waals surface area contributed by atoms with Gasteiger partial charge in [0.25, 0.3) is 5.69 Å². The van der Waals surface area contributed by atoms with Gasteiger partial charge >= 0.3 is 12.0 Å². The molecule has 1 unspecified atom stereocenters. The Balaban J connectivity index is 2.15. The molecule has 0 N–H and O–H groups in total. The lowest BCUT2D eigenvalue weighted by atomic mass is 10.1. The summed E-state index contributed by atoms with van der Waals surface area (Å²) in [6.45, 7) is -0.410. The largest absolute Gasteiger partial charge is 0.455 e. The average molecular weight is 316 g/mol. The van der Waals surface area contributed by atoms with E-state index in [1.807, 2.05) is 0 Å². The van der Waals surface area contributed by atoms with Crippen LogP contribution < -0.4 is 0 Å². The Morgan fingerprint density at radius 2 is 1.61 bits per heavy atom. The number of benzene rings is 2. The predicted molar refractivity (Wildman–Crippen MR) is 79.1 cm³/mol. The fourth-order valence-electron chi connectivity index (χ4n) is 2.02. The molecule has 0 saturated heterocycles. The van der Waals surface area contributed by atoms with E-state index in [1.165, 1.54) is 30.3 Å². The van der Waals surface area contributed by atoms with Crippen molar-refractivity contribution in [1.82, 2.24) is 0 Å². The number of nitro groups is 2. The van der Waals surface area contributed by atoms with Gasteiger partial charge in [-0.25, -0.2) is 4.79 Å². The Morgan fingerprint density at radius 1 is 1.00 bits per heavy atom. The van der Waals surface area contributed by atoms with Gasteiger partial charge in [0.2, 0.25) is 0 Å². The van der Waals surface area contributed by atoms with E-state index in [1.54, 1.807) is 24.3 Å². The normalized spacial score (nSPS) is 11.5. The second kappa shape index (κ2) is 7.12. The first-order valence-electron chi connectivity index (χ1n) is 6.58. The summed E-state index contributed by atoms with van der Waals surface area (Å²) < 4.78 is 4.91. The maximum absolute atomic E-state index is 12.0. The molecule has 0 aromatic heterocycles. The van der Waals surface area contributed by atoms with Crippen molar-refractivity contribution >= 4 is 11.7 Å². The number of para-hydroxylation sites is 1. The monoisotopic (exact) mass is 316 g/mol. The van der Waals surface area contributed by atoms with Gasteiger partial charge in [-0.1, -0.05) is 42.5 Å². The smallest absolute Gasteiger partial charge is 0.387 e. The van der Waals surface area contributed by atoms with Crippen LogP contribution in [0.15, 0.2) is 54.6 Å². The molecule has 23 heavy (non-hydrogen) atoms. The topological polar surface area (TPSA) is 113 Å². The fourth-order valence-corrected chi connectivity index (χ4v) is 2.02. The minimum absolute atomic E-state index is 0.168. The van der Waals surface area contributed by atoms with Crippen molar-refractivity contribution in [3.05, 3.63) is 86.0 Å². The highest BCUT2D eigenvalue weighted by Crippen LogP contribution is 2.22. The third kappa shape index (κ3) is 3.88. The van der Waals surface area contributed by atoms with Crippen molar-refractivity contribution in [3.8, 4) is 0 Å². The molecule has 1 atom stereocenters. The van der Waals surface area contributed by atoms with E-state index in [4.69, 9.17) is 4.74 Å². The number of carbonyl (C=O) groups is 1. The molecule has 0 aliphatic rings. The second-order valence-electron chi connectivity index (χ2n) is 4.59. The lowest BCUT2D eigenvalue weighted by Gasteiger charge is -2.10. The van der Waals surface area contributed by atoms with E-state index in [2.05, 4.69) is 0 Å². The fraction of sp³-hybridized carbons (Fsp3) is 0.133. The quantitative estimate of drug-likeness (QED) is 0.460.